The summed E-state index contributed by atoms with van der Waals surface area (Å²) in [5.41, 5.74) is 3.04. The molecule has 0 saturated heterocycles. The predicted octanol–water partition coefficient (Wildman–Crippen LogP) is 3.90. The zero-order valence-electron chi connectivity index (χ0n) is 15.0. The molecule has 0 bridgehead atoms. The molecule has 0 aliphatic rings. The molecule has 1 heterocycles. The molecular weight excluding hydrogens is 342 g/mol. The minimum atomic E-state index is -0.269. The van der Waals surface area contributed by atoms with Crippen molar-refractivity contribution in [2.45, 2.75) is 6.92 Å². The maximum Gasteiger partial charge on any atom is 0.257 e. The zero-order chi connectivity index (χ0) is 19.2. The van der Waals surface area contributed by atoms with Gasteiger partial charge in [-0.25, -0.2) is 0 Å². The molecule has 2 amide bonds. The highest BCUT2D eigenvalue weighted by atomic mass is 16.5. The van der Waals surface area contributed by atoms with Crippen LogP contribution in [0, 0.1) is 6.92 Å². The number of anilines is 2. The molecule has 0 unspecified atom stereocenters. The van der Waals surface area contributed by atoms with E-state index in [9.17, 15) is 9.59 Å². The Morgan fingerprint density at radius 1 is 0.889 bits per heavy atom. The Morgan fingerprint density at radius 3 is 2.22 bits per heavy atom. The fourth-order valence-corrected chi connectivity index (χ4v) is 2.54. The van der Waals surface area contributed by atoms with E-state index in [1.54, 1.807) is 61.8 Å². The maximum absolute atomic E-state index is 12.5. The molecule has 0 radical (unpaired) electrons. The summed E-state index contributed by atoms with van der Waals surface area (Å²) < 4.78 is 5.26. The molecular formula is C21H19N3O3. The Kier molecular flexibility index (Phi) is 5.47. The van der Waals surface area contributed by atoms with E-state index in [1.807, 2.05) is 13.0 Å². The van der Waals surface area contributed by atoms with Crippen LogP contribution in [0.4, 0.5) is 11.4 Å². The second kappa shape index (κ2) is 8.14. The fourth-order valence-electron chi connectivity index (χ4n) is 2.54. The smallest absolute Gasteiger partial charge is 0.257 e. The van der Waals surface area contributed by atoms with Crippen molar-refractivity contribution >= 4 is 23.2 Å². The van der Waals surface area contributed by atoms with Crippen LogP contribution in [0.2, 0.25) is 0 Å². The Balaban J connectivity index is 1.72. The van der Waals surface area contributed by atoms with E-state index in [4.69, 9.17) is 4.74 Å². The molecule has 6 nitrogen and oxygen atoms in total. The average molecular weight is 361 g/mol. The third-order valence-electron chi connectivity index (χ3n) is 3.97. The van der Waals surface area contributed by atoms with Crippen LogP contribution < -0.4 is 15.4 Å². The van der Waals surface area contributed by atoms with Gasteiger partial charge in [-0.3, -0.25) is 14.6 Å². The van der Waals surface area contributed by atoms with E-state index >= 15 is 0 Å². The Hall–Kier alpha value is -3.67. The highest BCUT2D eigenvalue weighted by Gasteiger charge is 2.10. The van der Waals surface area contributed by atoms with Gasteiger partial charge in [0.2, 0.25) is 0 Å². The lowest BCUT2D eigenvalue weighted by molar-refractivity contribution is 0.101. The van der Waals surface area contributed by atoms with Crippen LogP contribution >= 0.6 is 0 Å². The van der Waals surface area contributed by atoms with Crippen molar-refractivity contribution < 1.29 is 14.3 Å². The molecule has 3 aromatic rings. The lowest BCUT2D eigenvalue weighted by Gasteiger charge is -2.10. The first-order chi connectivity index (χ1) is 13.1. The first-order valence-electron chi connectivity index (χ1n) is 8.34. The summed E-state index contributed by atoms with van der Waals surface area (Å²) in [6, 6.07) is 15.6. The number of ether oxygens (including phenoxy) is 1. The molecule has 1 aromatic heterocycles. The normalized spacial score (nSPS) is 10.1. The van der Waals surface area contributed by atoms with Gasteiger partial charge in [-0.2, -0.15) is 0 Å². The van der Waals surface area contributed by atoms with Crippen molar-refractivity contribution in [1.29, 1.82) is 0 Å². The third kappa shape index (κ3) is 4.49. The second-order valence-corrected chi connectivity index (χ2v) is 5.92. The number of methoxy groups -OCH3 is 1. The molecule has 136 valence electrons. The molecule has 2 aromatic carbocycles. The van der Waals surface area contributed by atoms with Crippen LogP contribution in [-0.4, -0.2) is 23.9 Å². The summed E-state index contributed by atoms with van der Waals surface area (Å²) in [5.74, 6) is 0.124. The van der Waals surface area contributed by atoms with Crippen LogP contribution in [0.15, 0.2) is 67.0 Å². The summed E-state index contributed by atoms with van der Waals surface area (Å²) in [7, 11) is 1.57. The van der Waals surface area contributed by atoms with Crippen molar-refractivity contribution in [2.75, 3.05) is 17.7 Å². The number of rotatable bonds is 5. The van der Waals surface area contributed by atoms with E-state index in [0.29, 0.717) is 28.3 Å². The van der Waals surface area contributed by atoms with Crippen LogP contribution in [0.1, 0.15) is 26.3 Å². The van der Waals surface area contributed by atoms with E-state index < -0.39 is 0 Å². The molecule has 0 atom stereocenters. The summed E-state index contributed by atoms with van der Waals surface area (Å²) >= 11 is 0. The van der Waals surface area contributed by atoms with E-state index in [1.165, 1.54) is 6.20 Å². The van der Waals surface area contributed by atoms with Crippen LogP contribution in [0.5, 0.6) is 5.75 Å². The van der Waals surface area contributed by atoms with E-state index in [-0.39, 0.29) is 11.8 Å². The number of nitrogens with one attached hydrogen (secondary N) is 2. The maximum atomic E-state index is 12.5. The first kappa shape index (κ1) is 18.1. The molecule has 27 heavy (non-hydrogen) atoms. The number of amides is 2. The summed E-state index contributed by atoms with van der Waals surface area (Å²) in [6.07, 6.45) is 3.10. The van der Waals surface area contributed by atoms with Gasteiger partial charge in [0.05, 0.1) is 12.7 Å². The Morgan fingerprint density at radius 2 is 1.59 bits per heavy atom. The SMILES string of the molecule is COc1cc(C(=O)Nc2cccc(NC(=O)c3cccnc3)c2)ccc1C. The van der Waals surface area contributed by atoms with Crippen molar-refractivity contribution in [3.63, 3.8) is 0 Å². The Labute approximate surface area is 157 Å². The summed E-state index contributed by atoms with van der Waals surface area (Å²) in [4.78, 5) is 28.6. The average Bonchev–Trinajstić information content (AvgIpc) is 2.69. The van der Waals surface area contributed by atoms with Gasteiger partial charge in [-0.1, -0.05) is 12.1 Å². The molecule has 0 saturated carbocycles. The van der Waals surface area contributed by atoms with Gasteiger partial charge in [-0.05, 0) is 55.0 Å². The van der Waals surface area contributed by atoms with Crippen LogP contribution in [0.25, 0.3) is 0 Å². The largest absolute Gasteiger partial charge is 0.496 e. The Bertz CT molecular complexity index is 971. The number of benzene rings is 2. The minimum Gasteiger partial charge on any atom is -0.496 e. The van der Waals surface area contributed by atoms with Gasteiger partial charge < -0.3 is 15.4 Å². The zero-order valence-corrected chi connectivity index (χ0v) is 15.0. The molecule has 0 fully saturated rings. The second-order valence-electron chi connectivity index (χ2n) is 5.92. The monoisotopic (exact) mass is 361 g/mol. The number of pyridine rings is 1. The van der Waals surface area contributed by atoms with Gasteiger partial charge in [0.25, 0.3) is 11.8 Å². The molecule has 0 aliphatic carbocycles. The van der Waals surface area contributed by atoms with Gasteiger partial charge in [-0.15, -0.1) is 0 Å². The van der Waals surface area contributed by atoms with Gasteiger partial charge >= 0.3 is 0 Å². The van der Waals surface area contributed by atoms with Gasteiger partial charge in [0, 0.05) is 29.3 Å². The third-order valence-corrected chi connectivity index (χ3v) is 3.97. The minimum absolute atomic E-state index is 0.260. The van der Waals surface area contributed by atoms with Crippen molar-refractivity contribution in [1.82, 2.24) is 4.98 Å². The molecule has 2 N–H and O–H groups in total. The van der Waals surface area contributed by atoms with Gasteiger partial charge in [0.1, 0.15) is 5.75 Å². The lowest BCUT2D eigenvalue weighted by Crippen LogP contribution is -2.14. The molecule has 0 aliphatic heterocycles. The first-order valence-corrected chi connectivity index (χ1v) is 8.34. The topological polar surface area (TPSA) is 80.3 Å². The lowest BCUT2D eigenvalue weighted by atomic mass is 10.1. The highest BCUT2D eigenvalue weighted by molar-refractivity contribution is 6.06. The van der Waals surface area contributed by atoms with Gasteiger partial charge in [0.15, 0.2) is 0 Å². The van der Waals surface area contributed by atoms with Crippen molar-refractivity contribution in [2.24, 2.45) is 0 Å². The quantitative estimate of drug-likeness (QED) is 0.722. The van der Waals surface area contributed by atoms with E-state index in [0.717, 1.165) is 5.56 Å². The van der Waals surface area contributed by atoms with E-state index in [2.05, 4.69) is 15.6 Å². The molecule has 0 spiro atoms. The summed E-state index contributed by atoms with van der Waals surface area (Å²) in [5, 5.41) is 5.61. The van der Waals surface area contributed by atoms with Crippen LogP contribution in [0.3, 0.4) is 0 Å². The number of aryl methyl sites for hydroxylation is 1. The number of aromatic nitrogens is 1. The highest BCUT2D eigenvalue weighted by Crippen LogP contribution is 2.21. The number of nitrogens with zero attached hydrogens (tertiary/aromatic N) is 1. The fraction of sp³-hybridized carbons (Fsp3) is 0.0952. The standard InChI is InChI=1S/C21H19N3O3/c1-14-8-9-15(11-19(14)27-2)20(25)23-17-6-3-7-18(12-17)24-21(26)16-5-4-10-22-13-16/h3-13H,1-2H3,(H,23,25)(H,24,26). The molecule has 6 heteroatoms. The number of hydrogen-bond donors (Lipinski definition) is 2. The number of carbonyl (C=O) groups excluding carboxylic acids is 2. The predicted molar refractivity (Wildman–Crippen MR) is 104 cm³/mol. The number of carbonyl (C=O) groups is 2. The van der Waals surface area contributed by atoms with Crippen LogP contribution in [-0.2, 0) is 0 Å². The number of hydrogen-bond acceptors (Lipinski definition) is 4. The molecule has 3 rings (SSSR count). The van der Waals surface area contributed by atoms with Crippen molar-refractivity contribution in [3.05, 3.63) is 83.7 Å². The van der Waals surface area contributed by atoms with Crippen molar-refractivity contribution in [3.8, 4) is 5.75 Å². The summed E-state index contributed by atoms with van der Waals surface area (Å²) in [6.45, 7) is 1.91.